The van der Waals surface area contributed by atoms with Gasteiger partial charge in [-0.3, -0.25) is 0 Å². The fraction of sp³-hybridized carbons (Fsp3) is 0.108. The van der Waals surface area contributed by atoms with Crippen LogP contribution in [0.2, 0.25) is 0 Å². The van der Waals surface area contributed by atoms with Gasteiger partial charge in [0.25, 0.3) is 0 Å². The van der Waals surface area contributed by atoms with Gasteiger partial charge in [-0.05, 0) is 116 Å². The predicted molar refractivity (Wildman–Crippen MR) is 286 cm³/mol. The summed E-state index contributed by atoms with van der Waals surface area (Å²) in [5, 5.41) is 4.93. The van der Waals surface area contributed by atoms with Gasteiger partial charge in [0.15, 0.2) is 0 Å². The lowest BCUT2D eigenvalue weighted by Gasteiger charge is -2.31. The second-order valence-corrected chi connectivity index (χ2v) is 19.3. The Bertz CT molecular complexity index is 3730. The molecule has 0 saturated carbocycles. The third-order valence-corrected chi connectivity index (χ3v) is 15.0. The molecular formula is C65H52N2. The number of hydrogen-bond acceptors (Lipinski definition) is 1. The highest BCUT2D eigenvalue weighted by Crippen LogP contribution is 2.56. The van der Waals surface area contributed by atoms with Crippen LogP contribution >= 0.6 is 0 Å². The Hall–Kier alpha value is -7.94. The summed E-state index contributed by atoms with van der Waals surface area (Å²) in [5.41, 5.74) is 22.2. The van der Waals surface area contributed by atoms with Crippen LogP contribution in [0.25, 0.3) is 82.8 Å². The quantitative estimate of drug-likeness (QED) is 0.162. The lowest BCUT2D eigenvalue weighted by atomic mass is 9.82. The Balaban J connectivity index is 0.00000468. The first kappa shape index (κ1) is 40.6. The fourth-order valence-corrected chi connectivity index (χ4v) is 11.8. The van der Waals surface area contributed by atoms with Crippen LogP contribution in [0.15, 0.2) is 218 Å². The maximum Gasteiger partial charge on any atom is 0.0546 e. The van der Waals surface area contributed by atoms with Crippen LogP contribution in [-0.2, 0) is 10.8 Å². The van der Waals surface area contributed by atoms with E-state index < -0.39 is 0 Å². The second kappa shape index (κ2) is 15.1. The number of para-hydroxylation sites is 3. The topological polar surface area (TPSA) is 8.17 Å². The second-order valence-electron chi connectivity index (χ2n) is 19.3. The third-order valence-electron chi connectivity index (χ3n) is 15.0. The number of rotatable bonds is 6. The van der Waals surface area contributed by atoms with Gasteiger partial charge in [-0.25, -0.2) is 0 Å². The van der Waals surface area contributed by atoms with Gasteiger partial charge in [0.1, 0.15) is 0 Å². The van der Waals surface area contributed by atoms with Crippen molar-refractivity contribution in [2.75, 3.05) is 4.90 Å². The molecule has 0 aliphatic heterocycles. The van der Waals surface area contributed by atoms with Gasteiger partial charge in [0.05, 0.1) is 28.1 Å². The van der Waals surface area contributed by atoms with E-state index >= 15 is 0 Å². The van der Waals surface area contributed by atoms with Crippen molar-refractivity contribution in [3.8, 4) is 50.2 Å². The molecule has 67 heavy (non-hydrogen) atoms. The van der Waals surface area contributed by atoms with E-state index in [1.54, 1.807) is 0 Å². The zero-order chi connectivity index (χ0) is 44.3. The lowest BCUT2D eigenvalue weighted by molar-refractivity contribution is 0.660. The average Bonchev–Trinajstić information content (AvgIpc) is 3.91. The molecule has 0 fully saturated rings. The SMILES string of the molecule is C.CC1(C)c2ccccc2-c2cc(-c3cccc(N(c4ccccc4-c4cc(-n5c6ccccc6c6ccccc65)c5ccccc5c4)c4cccc5c4-c4ccccc4C5(C)C)c3)ccc21. The Labute approximate surface area is 394 Å². The van der Waals surface area contributed by atoms with Crippen molar-refractivity contribution < 1.29 is 0 Å². The van der Waals surface area contributed by atoms with Crippen molar-refractivity contribution in [1.29, 1.82) is 0 Å². The summed E-state index contributed by atoms with van der Waals surface area (Å²) in [6.07, 6.45) is 0. The van der Waals surface area contributed by atoms with Gasteiger partial charge >= 0.3 is 0 Å². The van der Waals surface area contributed by atoms with Crippen LogP contribution in [0.1, 0.15) is 57.4 Å². The standard InChI is InChI=1S/C64H48N2.CH4/c1-63(2)53-28-12-7-24-48(53)52-39-42(35-36-55(52)63)41-20-17-21-45(38-41)65(60-34-18-30-56-62(60)51-27-8-13-29-54(51)64(56,3)4)57-31-14-9-23-47(57)44-37-43-19-5-6-22-46(43)61(40-44)66-58-32-15-10-25-49(58)50-26-11-16-33-59(50)66;/h5-40H,1-4H3;1H4. The van der Waals surface area contributed by atoms with Gasteiger partial charge in [-0.1, -0.05) is 199 Å². The number of aromatic nitrogens is 1. The number of nitrogens with zero attached hydrogens (tertiary/aromatic N) is 2. The van der Waals surface area contributed by atoms with Gasteiger partial charge in [-0.15, -0.1) is 0 Å². The molecule has 0 radical (unpaired) electrons. The summed E-state index contributed by atoms with van der Waals surface area (Å²) in [4.78, 5) is 2.54. The molecule has 0 bridgehead atoms. The Kier molecular flexibility index (Phi) is 9.11. The van der Waals surface area contributed by atoms with Gasteiger partial charge < -0.3 is 9.47 Å². The highest BCUT2D eigenvalue weighted by Gasteiger charge is 2.38. The summed E-state index contributed by atoms with van der Waals surface area (Å²) in [5.74, 6) is 0. The highest BCUT2D eigenvalue weighted by atomic mass is 15.1. The first-order valence-electron chi connectivity index (χ1n) is 23.3. The molecule has 2 aliphatic rings. The molecule has 0 unspecified atom stereocenters. The predicted octanol–water partition coefficient (Wildman–Crippen LogP) is 18.0. The maximum absolute atomic E-state index is 2.54. The van der Waals surface area contributed by atoms with Crippen LogP contribution < -0.4 is 4.90 Å². The van der Waals surface area contributed by atoms with E-state index in [1.807, 2.05) is 0 Å². The summed E-state index contributed by atoms with van der Waals surface area (Å²) in [7, 11) is 0. The van der Waals surface area contributed by atoms with E-state index in [9.17, 15) is 0 Å². The van der Waals surface area contributed by atoms with Crippen LogP contribution in [0.3, 0.4) is 0 Å². The summed E-state index contributed by atoms with van der Waals surface area (Å²) in [6, 6.07) is 81.5. The van der Waals surface area contributed by atoms with E-state index in [4.69, 9.17) is 0 Å². The van der Waals surface area contributed by atoms with Gasteiger partial charge in [0.2, 0.25) is 0 Å². The third kappa shape index (κ3) is 5.95. The van der Waals surface area contributed by atoms with Gasteiger partial charge in [-0.2, -0.15) is 0 Å². The van der Waals surface area contributed by atoms with Crippen LogP contribution in [0.4, 0.5) is 17.1 Å². The van der Waals surface area contributed by atoms with Crippen molar-refractivity contribution in [3.63, 3.8) is 0 Å². The molecule has 322 valence electrons. The van der Waals surface area contributed by atoms with E-state index in [0.29, 0.717) is 0 Å². The molecule has 13 rings (SSSR count). The summed E-state index contributed by atoms with van der Waals surface area (Å²) >= 11 is 0. The Morgan fingerprint density at radius 2 is 0.896 bits per heavy atom. The van der Waals surface area contributed by atoms with Crippen LogP contribution in [0, 0.1) is 0 Å². The largest absolute Gasteiger partial charge is 0.309 e. The fourth-order valence-electron chi connectivity index (χ4n) is 11.8. The maximum atomic E-state index is 2.54. The first-order valence-corrected chi connectivity index (χ1v) is 23.3. The minimum absolute atomic E-state index is 0. The van der Waals surface area contributed by atoms with E-state index in [1.165, 1.54) is 99.6 Å². The molecule has 2 heteroatoms. The van der Waals surface area contributed by atoms with E-state index in [-0.39, 0.29) is 18.3 Å². The van der Waals surface area contributed by atoms with Crippen molar-refractivity contribution in [2.45, 2.75) is 46.0 Å². The zero-order valence-corrected chi connectivity index (χ0v) is 37.7. The number of anilines is 3. The molecular weight excluding hydrogens is 809 g/mol. The molecule has 2 aliphatic carbocycles. The van der Waals surface area contributed by atoms with Crippen molar-refractivity contribution >= 4 is 49.6 Å². The molecule has 1 aromatic heterocycles. The highest BCUT2D eigenvalue weighted by molar-refractivity contribution is 6.11. The smallest absolute Gasteiger partial charge is 0.0546 e. The molecule has 11 aromatic rings. The molecule has 0 N–H and O–H groups in total. The van der Waals surface area contributed by atoms with Crippen LogP contribution in [-0.4, -0.2) is 4.57 Å². The number of benzene rings is 10. The molecule has 0 amide bonds. The lowest BCUT2D eigenvalue weighted by Crippen LogP contribution is -2.16. The number of fused-ring (bicyclic) bond motifs is 10. The van der Waals surface area contributed by atoms with E-state index in [0.717, 1.165) is 22.5 Å². The van der Waals surface area contributed by atoms with Crippen molar-refractivity contribution in [2.24, 2.45) is 0 Å². The van der Waals surface area contributed by atoms with Crippen molar-refractivity contribution in [3.05, 3.63) is 241 Å². The van der Waals surface area contributed by atoms with E-state index in [2.05, 4.69) is 256 Å². The molecule has 0 atom stereocenters. The van der Waals surface area contributed by atoms with Crippen LogP contribution in [0.5, 0.6) is 0 Å². The molecule has 2 nitrogen and oxygen atoms in total. The first-order chi connectivity index (χ1) is 32.3. The Morgan fingerprint density at radius 1 is 0.358 bits per heavy atom. The van der Waals surface area contributed by atoms with Gasteiger partial charge in [0, 0.05) is 43.8 Å². The molecule has 0 spiro atoms. The summed E-state index contributed by atoms with van der Waals surface area (Å²) < 4.78 is 2.47. The summed E-state index contributed by atoms with van der Waals surface area (Å²) in [6.45, 7) is 9.46. The average molecular weight is 861 g/mol. The monoisotopic (exact) mass is 860 g/mol. The molecule has 10 aromatic carbocycles. The molecule has 1 heterocycles. The Morgan fingerprint density at radius 3 is 1.66 bits per heavy atom. The minimum atomic E-state index is -0.154. The number of hydrogen-bond donors (Lipinski definition) is 0. The zero-order valence-electron chi connectivity index (χ0n) is 37.7. The molecule has 0 saturated heterocycles. The van der Waals surface area contributed by atoms with Crippen molar-refractivity contribution in [1.82, 2.24) is 4.57 Å². The minimum Gasteiger partial charge on any atom is -0.309 e. The normalized spacial score (nSPS) is 13.8.